The summed E-state index contributed by atoms with van der Waals surface area (Å²) in [6.45, 7) is 3.01. The van der Waals surface area contributed by atoms with Crippen LogP contribution in [0.15, 0.2) is 18.2 Å². The van der Waals surface area contributed by atoms with Gasteiger partial charge < -0.3 is 14.8 Å². The number of ether oxygens (including phenoxy) is 2. The summed E-state index contributed by atoms with van der Waals surface area (Å²) in [7, 11) is 1.70. The third kappa shape index (κ3) is 3.12. The lowest BCUT2D eigenvalue weighted by molar-refractivity contribution is 0.247. The SMILES string of the molecule is COc1ccc2c(c1)C(NC(C)CSC)CCO2. The maximum absolute atomic E-state index is 5.69. The van der Waals surface area contributed by atoms with Crippen molar-refractivity contribution in [2.75, 3.05) is 25.7 Å². The Bertz CT molecular complexity index is 397. The first kappa shape index (κ1) is 13.6. The van der Waals surface area contributed by atoms with Crippen LogP contribution >= 0.6 is 11.8 Å². The van der Waals surface area contributed by atoms with Crippen LogP contribution in [0.3, 0.4) is 0 Å². The molecule has 2 atom stereocenters. The topological polar surface area (TPSA) is 30.5 Å². The first-order chi connectivity index (χ1) is 8.74. The molecule has 4 heteroatoms. The highest BCUT2D eigenvalue weighted by atomic mass is 32.2. The maximum Gasteiger partial charge on any atom is 0.124 e. The molecule has 0 bridgehead atoms. The second-order valence-electron chi connectivity index (χ2n) is 4.62. The van der Waals surface area contributed by atoms with E-state index >= 15 is 0 Å². The van der Waals surface area contributed by atoms with Gasteiger partial charge in [0.15, 0.2) is 0 Å². The molecule has 100 valence electrons. The highest BCUT2D eigenvalue weighted by Gasteiger charge is 2.23. The van der Waals surface area contributed by atoms with E-state index in [0.29, 0.717) is 12.1 Å². The molecular formula is C14H21NO2S. The Kier molecular flexibility index (Phi) is 4.78. The van der Waals surface area contributed by atoms with Crippen LogP contribution < -0.4 is 14.8 Å². The van der Waals surface area contributed by atoms with Gasteiger partial charge in [-0.15, -0.1) is 0 Å². The summed E-state index contributed by atoms with van der Waals surface area (Å²) in [5, 5.41) is 3.67. The molecule has 1 aliphatic heterocycles. The van der Waals surface area contributed by atoms with E-state index in [-0.39, 0.29) is 0 Å². The van der Waals surface area contributed by atoms with Crippen molar-refractivity contribution in [1.29, 1.82) is 0 Å². The third-order valence-electron chi connectivity index (χ3n) is 3.16. The van der Waals surface area contributed by atoms with E-state index in [2.05, 4.69) is 24.6 Å². The normalized spacial score (nSPS) is 19.8. The lowest BCUT2D eigenvalue weighted by Crippen LogP contribution is -2.35. The fourth-order valence-electron chi connectivity index (χ4n) is 2.31. The minimum atomic E-state index is 0.367. The zero-order chi connectivity index (χ0) is 13.0. The maximum atomic E-state index is 5.69. The monoisotopic (exact) mass is 267 g/mol. The molecule has 2 rings (SSSR count). The molecular weight excluding hydrogens is 246 g/mol. The van der Waals surface area contributed by atoms with Gasteiger partial charge in [0, 0.05) is 29.8 Å². The largest absolute Gasteiger partial charge is 0.497 e. The second kappa shape index (κ2) is 6.34. The van der Waals surface area contributed by atoms with E-state index in [1.165, 1.54) is 5.56 Å². The molecule has 0 saturated heterocycles. The molecule has 2 unspecified atom stereocenters. The fraction of sp³-hybridized carbons (Fsp3) is 0.571. The van der Waals surface area contributed by atoms with Crippen LogP contribution in [0, 0.1) is 0 Å². The van der Waals surface area contributed by atoms with E-state index in [0.717, 1.165) is 30.3 Å². The second-order valence-corrected chi connectivity index (χ2v) is 5.53. The molecule has 1 aliphatic rings. The molecule has 0 fully saturated rings. The van der Waals surface area contributed by atoms with Gasteiger partial charge >= 0.3 is 0 Å². The number of benzene rings is 1. The van der Waals surface area contributed by atoms with Gasteiger partial charge in [-0.05, 0) is 31.4 Å². The third-order valence-corrected chi connectivity index (χ3v) is 3.99. The van der Waals surface area contributed by atoms with Crippen LogP contribution in [-0.2, 0) is 0 Å². The van der Waals surface area contributed by atoms with Crippen LogP contribution in [0.4, 0.5) is 0 Å². The number of nitrogens with one attached hydrogen (secondary N) is 1. The summed E-state index contributed by atoms with van der Waals surface area (Å²) < 4.78 is 11.0. The molecule has 0 radical (unpaired) electrons. The number of methoxy groups -OCH3 is 1. The van der Waals surface area contributed by atoms with Crippen molar-refractivity contribution in [3.63, 3.8) is 0 Å². The molecule has 0 aliphatic carbocycles. The Balaban J connectivity index is 2.15. The Hall–Kier alpha value is -0.870. The van der Waals surface area contributed by atoms with E-state index in [9.17, 15) is 0 Å². The van der Waals surface area contributed by atoms with Gasteiger partial charge in [0.1, 0.15) is 11.5 Å². The van der Waals surface area contributed by atoms with Crippen molar-refractivity contribution >= 4 is 11.8 Å². The van der Waals surface area contributed by atoms with E-state index in [1.807, 2.05) is 23.9 Å². The standard InChI is InChI=1S/C14H21NO2S/c1-10(9-18-3)15-13-6-7-17-14-5-4-11(16-2)8-12(13)14/h4-5,8,10,13,15H,6-7,9H2,1-3H3. The van der Waals surface area contributed by atoms with Gasteiger partial charge in [0.25, 0.3) is 0 Å². The Morgan fingerprint density at radius 3 is 3.11 bits per heavy atom. The molecule has 1 aromatic rings. The molecule has 0 spiro atoms. The van der Waals surface area contributed by atoms with Crippen molar-refractivity contribution < 1.29 is 9.47 Å². The number of hydrogen-bond acceptors (Lipinski definition) is 4. The average Bonchev–Trinajstić information content (AvgIpc) is 2.39. The molecule has 1 heterocycles. The first-order valence-electron chi connectivity index (χ1n) is 6.30. The lowest BCUT2D eigenvalue weighted by Gasteiger charge is -2.29. The van der Waals surface area contributed by atoms with Crippen LogP contribution in [0.1, 0.15) is 24.9 Å². The minimum Gasteiger partial charge on any atom is -0.497 e. The van der Waals surface area contributed by atoms with Gasteiger partial charge in [-0.3, -0.25) is 0 Å². The van der Waals surface area contributed by atoms with Gasteiger partial charge in [-0.25, -0.2) is 0 Å². The van der Waals surface area contributed by atoms with Crippen LogP contribution in [0.2, 0.25) is 0 Å². The van der Waals surface area contributed by atoms with Crippen molar-refractivity contribution in [3.05, 3.63) is 23.8 Å². The smallest absolute Gasteiger partial charge is 0.124 e. The van der Waals surface area contributed by atoms with Crippen molar-refractivity contribution in [3.8, 4) is 11.5 Å². The van der Waals surface area contributed by atoms with Crippen molar-refractivity contribution in [2.45, 2.75) is 25.4 Å². The van der Waals surface area contributed by atoms with Crippen LogP contribution in [0.5, 0.6) is 11.5 Å². The zero-order valence-electron chi connectivity index (χ0n) is 11.2. The summed E-state index contributed by atoms with van der Waals surface area (Å²) in [5.74, 6) is 3.00. The summed E-state index contributed by atoms with van der Waals surface area (Å²) in [6, 6.07) is 6.90. The van der Waals surface area contributed by atoms with Gasteiger partial charge in [0.05, 0.1) is 13.7 Å². The zero-order valence-corrected chi connectivity index (χ0v) is 12.0. The van der Waals surface area contributed by atoms with Crippen molar-refractivity contribution in [2.24, 2.45) is 0 Å². The van der Waals surface area contributed by atoms with Gasteiger partial charge in [-0.2, -0.15) is 11.8 Å². The molecule has 3 nitrogen and oxygen atoms in total. The molecule has 18 heavy (non-hydrogen) atoms. The molecule has 0 amide bonds. The Morgan fingerprint density at radius 1 is 1.56 bits per heavy atom. The quantitative estimate of drug-likeness (QED) is 0.888. The van der Waals surface area contributed by atoms with E-state index in [1.54, 1.807) is 7.11 Å². The van der Waals surface area contributed by atoms with E-state index in [4.69, 9.17) is 9.47 Å². The van der Waals surface area contributed by atoms with Crippen molar-refractivity contribution in [1.82, 2.24) is 5.32 Å². The van der Waals surface area contributed by atoms with Crippen LogP contribution in [-0.4, -0.2) is 31.8 Å². The molecule has 1 N–H and O–H groups in total. The number of fused-ring (bicyclic) bond motifs is 1. The number of hydrogen-bond donors (Lipinski definition) is 1. The molecule has 0 saturated carbocycles. The summed E-state index contributed by atoms with van der Waals surface area (Å²) in [6.07, 6.45) is 3.15. The van der Waals surface area contributed by atoms with E-state index < -0.39 is 0 Å². The van der Waals surface area contributed by atoms with Gasteiger partial charge in [0.2, 0.25) is 0 Å². The molecule has 0 aromatic heterocycles. The minimum absolute atomic E-state index is 0.367. The Labute approximate surface area is 113 Å². The number of thioether (sulfide) groups is 1. The molecule has 1 aromatic carbocycles. The highest BCUT2D eigenvalue weighted by Crippen LogP contribution is 2.35. The lowest BCUT2D eigenvalue weighted by atomic mass is 9.99. The summed E-state index contributed by atoms with van der Waals surface area (Å²) >= 11 is 1.87. The fourth-order valence-corrected chi connectivity index (χ4v) is 2.91. The predicted molar refractivity (Wildman–Crippen MR) is 76.8 cm³/mol. The highest BCUT2D eigenvalue weighted by molar-refractivity contribution is 7.98. The summed E-state index contributed by atoms with van der Waals surface area (Å²) in [5.41, 5.74) is 1.22. The first-order valence-corrected chi connectivity index (χ1v) is 7.69. The average molecular weight is 267 g/mol. The van der Waals surface area contributed by atoms with Gasteiger partial charge in [-0.1, -0.05) is 0 Å². The number of rotatable bonds is 5. The Morgan fingerprint density at radius 2 is 2.39 bits per heavy atom. The van der Waals surface area contributed by atoms with Crippen LogP contribution in [0.25, 0.3) is 0 Å². The summed E-state index contributed by atoms with van der Waals surface area (Å²) in [4.78, 5) is 0. The predicted octanol–water partition coefficient (Wildman–Crippen LogP) is 2.86.